The smallest absolute Gasteiger partial charge is 0.320 e. The first-order chi connectivity index (χ1) is 14.5. The quantitative estimate of drug-likeness (QED) is 0.529. The van der Waals surface area contributed by atoms with E-state index in [0.717, 1.165) is 28.6 Å². The second-order valence-electron chi connectivity index (χ2n) is 7.05. The number of anilines is 2. The van der Waals surface area contributed by atoms with Gasteiger partial charge in [0.2, 0.25) is 5.01 Å². The summed E-state index contributed by atoms with van der Waals surface area (Å²) in [5, 5.41) is 15.0. The van der Waals surface area contributed by atoms with Crippen molar-refractivity contribution >= 4 is 50.6 Å². The predicted molar refractivity (Wildman–Crippen MR) is 121 cm³/mol. The first-order valence-electron chi connectivity index (χ1n) is 9.54. The van der Waals surface area contributed by atoms with Gasteiger partial charge in [-0.3, -0.25) is 4.79 Å². The molecule has 1 saturated heterocycles. The largest absolute Gasteiger partial charge is 0.322 e. The standard InChI is InChI=1S/C21H20BrN5O2S/c1-13-4-8-15(9-5-13)23-18(28)20-26-25-19(30-20)17-3-2-12-27(17)21(29)24-16-10-6-14(22)7-11-16/h4-11,17H,2-3,12H2,1H3,(H,23,28)(H,24,29)/t17-/m1/s1. The van der Waals surface area contributed by atoms with E-state index in [1.165, 1.54) is 11.3 Å². The molecule has 3 amide bonds. The van der Waals surface area contributed by atoms with E-state index in [-0.39, 0.29) is 23.0 Å². The molecule has 1 atom stereocenters. The monoisotopic (exact) mass is 485 g/mol. The Morgan fingerprint density at radius 2 is 1.70 bits per heavy atom. The van der Waals surface area contributed by atoms with Crippen molar-refractivity contribution in [3.8, 4) is 0 Å². The summed E-state index contributed by atoms with van der Waals surface area (Å²) in [6.07, 6.45) is 1.67. The number of aromatic nitrogens is 2. The average Bonchev–Trinajstić information content (AvgIpc) is 3.40. The van der Waals surface area contributed by atoms with Crippen molar-refractivity contribution in [3.05, 3.63) is 68.6 Å². The molecule has 0 radical (unpaired) electrons. The molecule has 7 nitrogen and oxygen atoms in total. The molecule has 0 bridgehead atoms. The van der Waals surface area contributed by atoms with Gasteiger partial charge in [0.25, 0.3) is 5.91 Å². The molecule has 0 spiro atoms. The highest BCUT2D eigenvalue weighted by atomic mass is 79.9. The number of nitrogens with zero attached hydrogens (tertiary/aromatic N) is 3. The van der Waals surface area contributed by atoms with E-state index >= 15 is 0 Å². The number of hydrogen-bond acceptors (Lipinski definition) is 5. The van der Waals surface area contributed by atoms with Crippen molar-refractivity contribution in [1.82, 2.24) is 15.1 Å². The summed E-state index contributed by atoms with van der Waals surface area (Å²) in [5.41, 5.74) is 2.55. The topological polar surface area (TPSA) is 87.2 Å². The first-order valence-corrected chi connectivity index (χ1v) is 11.1. The summed E-state index contributed by atoms with van der Waals surface area (Å²) >= 11 is 4.61. The van der Waals surface area contributed by atoms with Crippen LogP contribution in [0, 0.1) is 6.92 Å². The van der Waals surface area contributed by atoms with Gasteiger partial charge in [-0.25, -0.2) is 4.79 Å². The fourth-order valence-electron chi connectivity index (χ4n) is 3.28. The normalized spacial score (nSPS) is 15.8. The van der Waals surface area contributed by atoms with E-state index < -0.39 is 0 Å². The molecule has 2 aromatic carbocycles. The van der Waals surface area contributed by atoms with E-state index in [2.05, 4.69) is 36.8 Å². The maximum Gasteiger partial charge on any atom is 0.322 e. The minimum atomic E-state index is -0.300. The highest BCUT2D eigenvalue weighted by Crippen LogP contribution is 2.34. The van der Waals surface area contributed by atoms with Gasteiger partial charge >= 0.3 is 6.03 Å². The average molecular weight is 486 g/mol. The summed E-state index contributed by atoms with van der Waals surface area (Å²) in [4.78, 5) is 27.0. The maximum absolute atomic E-state index is 12.8. The number of carbonyl (C=O) groups excluding carboxylic acids is 2. The molecule has 1 aromatic heterocycles. The lowest BCUT2D eigenvalue weighted by atomic mass is 10.2. The van der Waals surface area contributed by atoms with Gasteiger partial charge < -0.3 is 15.5 Å². The van der Waals surface area contributed by atoms with Gasteiger partial charge in [0.15, 0.2) is 0 Å². The summed E-state index contributed by atoms with van der Waals surface area (Å²) < 4.78 is 0.949. The van der Waals surface area contributed by atoms with Crippen LogP contribution in [0.1, 0.15) is 39.3 Å². The Morgan fingerprint density at radius 3 is 2.43 bits per heavy atom. The Kier molecular flexibility index (Phi) is 6.10. The molecule has 154 valence electrons. The minimum absolute atomic E-state index is 0.180. The lowest BCUT2D eigenvalue weighted by Gasteiger charge is -2.23. The first kappa shape index (κ1) is 20.5. The van der Waals surface area contributed by atoms with Crippen molar-refractivity contribution in [3.63, 3.8) is 0 Å². The van der Waals surface area contributed by atoms with Crippen molar-refractivity contribution < 1.29 is 9.59 Å². The highest BCUT2D eigenvalue weighted by Gasteiger charge is 2.33. The third-order valence-electron chi connectivity index (χ3n) is 4.84. The molecule has 2 heterocycles. The van der Waals surface area contributed by atoms with Crippen LogP contribution in [0.4, 0.5) is 16.2 Å². The Morgan fingerprint density at radius 1 is 1.03 bits per heavy atom. The van der Waals surface area contributed by atoms with Gasteiger partial charge in [0.05, 0.1) is 6.04 Å². The van der Waals surface area contributed by atoms with E-state index in [0.29, 0.717) is 17.2 Å². The maximum atomic E-state index is 12.8. The Labute approximate surface area is 186 Å². The second-order valence-corrected chi connectivity index (χ2v) is 8.98. The molecule has 4 rings (SSSR count). The minimum Gasteiger partial charge on any atom is -0.320 e. The van der Waals surface area contributed by atoms with Crippen LogP contribution >= 0.6 is 27.3 Å². The molecular formula is C21H20BrN5O2S. The van der Waals surface area contributed by atoms with Crippen LogP contribution in [-0.4, -0.2) is 33.6 Å². The van der Waals surface area contributed by atoms with Gasteiger partial charge in [0.1, 0.15) is 5.01 Å². The molecule has 1 aliphatic heterocycles. The van der Waals surface area contributed by atoms with Crippen LogP contribution < -0.4 is 10.6 Å². The molecule has 1 fully saturated rings. The molecule has 0 aliphatic carbocycles. The number of amides is 3. The van der Waals surface area contributed by atoms with Crippen LogP contribution in [0.3, 0.4) is 0 Å². The SMILES string of the molecule is Cc1ccc(NC(=O)c2nnc([C@H]3CCCN3C(=O)Nc3ccc(Br)cc3)s2)cc1. The molecule has 0 unspecified atom stereocenters. The van der Waals surface area contributed by atoms with Crippen molar-refractivity contribution in [2.24, 2.45) is 0 Å². The third kappa shape index (κ3) is 4.68. The van der Waals surface area contributed by atoms with E-state index in [1.54, 1.807) is 4.90 Å². The number of halogens is 1. The van der Waals surface area contributed by atoms with Crippen LogP contribution in [0.5, 0.6) is 0 Å². The van der Waals surface area contributed by atoms with Crippen molar-refractivity contribution in [2.45, 2.75) is 25.8 Å². The number of urea groups is 1. The number of carbonyl (C=O) groups is 2. The predicted octanol–water partition coefficient (Wildman–Crippen LogP) is 5.23. The van der Waals surface area contributed by atoms with Crippen LogP contribution in [-0.2, 0) is 0 Å². The lowest BCUT2D eigenvalue weighted by Crippen LogP contribution is -2.34. The zero-order valence-electron chi connectivity index (χ0n) is 16.3. The lowest BCUT2D eigenvalue weighted by molar-refractivity contribution is 0.102. The van der Waals surface area contributed by atoms with Crippen molar-refractivity contribution in [2.75, 3.05) is 17.2 Å². The Bertz CT molecular complexity index is 1050. The molecule has 2 N–H and O–H groups in total. The summed E-state index contributed by atoms with van der Waals surface area (Å²) in [5.74, 6) is -0.300. The number of likely N-dealkylation sites (tertiary alicyclic amines) is 1. The number of aryl methyl sites for hydroxylation is 1. The summed E-state index contributed by atoms with van der Waals surface area (Å²) in [6, 6.07) is 14.6. The van der Waals surface area contributed by atoms with Crippen LogP contribution in [0.2, 0.25) is 0 Å². The number of rotatable bonds is 4. The van der Waals surface area contributed by atoms with Gasteiger partial charge in [0, 0.05) is 22.4 Å². The number of nitrogens with one attached hydrogen (secondary N) is 2. The Balaban J connectivity index is 1.43. The number of benzene rings is 2. The van der Waals surface area contributed by atoms with Crippen LogP contribution in [0.25, 0.3) is 0 Å². The van der Waals surface area contributed by atoms with Crippen LogP contribution in [0.15, 0.2) is 53.0 Å². The van der Waals surface area contributed by atoms with E-state index in [1.807, 2.05) is 55.5 Å². The van der Waals surface area contributed by atoms with Gasteiger partial charge in [-0.15, -0.1) is 10.2 Å². The van der Waals surface area contributed by atoms with Gasteiger partial charge in [-0.2, -0.15) is 0 Å². The molecule has 3 aromatic rings. The Hall–Kier alpha value is -2.78. The summed E-state index contributed by atoms with van der Waals surface area (Å²) in [7, 11) is 0. The molecule has 1 aliphatic rings. The van der Waals surface area contributed by atoms with Crippen molar-refractivity contribution in [1.29, 1.82) is 0 Å². The fraction of sp³-hybridized carbons (Fsp3) is 0.238. The zero-order chi connectivity index (χ0) is 21.1. The fourth-order valence-corrected chi connectivity index (χ4v) is 4.43. The molecule has 9 heteroatoms. The van der Waals surface area contributed by atoms with Gasteiger partial charge in [-0.05, 0) is 56.2 Å². The second kappa shape index (κ2) is 8.93. The molecular weight excluding hydrogens is 466 g/mol. The summed E-state index contributed by atoms with van der Waals surface area (Å²) in [6.45, 7) is 2.63. The van der Waals surface area contributed by atoms with Gasteiger partial charge in [-0.1, -0.05) is 45.0 Å². The number of hydrogen-bond donors (Lipinski definition) is 2. The molecule has 0 saturated carbocycles. The third-order valence-corrected chi connectivity index (χ3v) is 6.39. The zero-order valence-corrected chi connectivity index (χ0v) is 18.7. The molecule has 30 heavy (non-hydrogen) atoms. The van der Waals surface area contributed by atoms with E-state index in [9.17, 15) is 9.59 Å². The highest BCUT2D eigenvalue weighted by molar-refractivity contribution is 9.10. The van der Waals surface area contributed by atoms with E-state index in [4.69, 9.17) is 0 Å².